The lowest BCUT2D eigenvalue weighted by Crippen LogP contribution is -2.58. The van der Waals surface area contributed by atoms with Gasteiger partial charge in [0.1, 0.15) is 24.4 Å². The standard InChI is InChI=1S/C50H80O18/c1-23-31-17-36(62-28(6)51)47(54)49(31,8)38-22-37-48(7)14-13-30(16-29(48)12-15-50(37,67-23)68-38)63-40-20-34(56-10)46(26(4)60-40)66-42-21-35(57-11)45(27(5)61-42)65-39-18-32(52)44(25(3)59-39)64-41-19-33(55-9)43(53)24(2)58-41/h23-27,29-46,52-53H,12-22H2,1-11H3/t23-,24+,25+,26+,27+,29-,30-,31-,32-,33+,34+,35+,36-,37+,38+,39-,40-,41-,42-,43+,44+,45+,46+,48-,49-,50-/m0/s1. The van der Waals surface area contributed by atoms with Gasteiger partial charge < -0.3 is 76.5 Å². The van der Waals surface area contributed by atoms with Crippen molar-refractivity contribution >= 4 is 11.8 Å². The van der Waals surface area contributed by atoms with Crippen LogP contribution in [0.25, 0.3) is 0 Å². The Morgan fingerprint density at radius 3 is 1.75 bits per heavy atom. The van der Waals surface area contributed by atoms with Crippen LogP contribution in [0.1, 0.15) is 126 Å². The maximum atomic E-state index is 14.0. The predicted octanol–water partition coefficient (Wildman–Crippen LogP) is 4.48. The van der Waals surface area contributed by atoms with Crippen LogP contribution in [0.3, 0.4) is 0 Å². The lowest BCUT2D eigenvalue weighted by Gasteiger charge is -2.57. The SMILES string of the molecule is CO[C@@H]1C[C@H](O[C@H]2[C@@H](O)C[C@H](O[C@@H]3[C@@H](C)O[C@@H](O[C@@H]4[C@@H](C)O[C@@H](O[C@H]5CC[C@@]6(C)[C@@H](CC[C@@]78O[C@@H](C)[C@@H]9C[C@H](OC(C)=O)C(=O)[C@]9(C)[C@@H](C[C@@H]76)O8)C5)C[C@H]4OC)C[C@H]3OC)O[C@@H]2C)O[C@H](C)[C@H]1O. The minimum absolute atomic E-state index is 0.00682. The van der Waals surface area contributed by atoms with E-state index in [1.807, 2.05) is 27.7 Å². The molecule has 6 heterocycles. The van der Waals surface area contributed by atoms with Gasteiger partial charge in [0.25, 0.3) is 0 Å². The molecule has 9 aliphatic rings. The molecule has 1 spiro atoms. The number of esters is 1. The molecule has 9 fully saturated rings. The molecule has 2 N–H and O–H groups in total. The first-order valence-corrected chi connectivity index (χ1v) is 25.6. The highest BCUT2D eigenvalue weighted by Crippen LogP contribution is 2.67. The number of ketones is 1. The fraction of sp³-hybridized carbons (Fsp3) is 0.960. The number of Topliss-reactive ketones (excluding diaryl/α,β-unsaturated/α-hetero) is 1. The number of ether oxygens (including phenoxy) is 14. The number of rotatable bonds is 12. The van der Waals surface area contributed by atoms with Gasteiger partial charge in [-0.05, 0) is 91.4 Å². The summed E-state index contributed by atoms with van der Waals surface area (Å²) in [5.41, 5.74) is -0.844. The molecule has 6 saturated heterocycles. The van der Waals surface area contributed by atoms with Crippen LogP contribution < -0.4 is 0 Å². The summed E-state index contributed by atoms with van der Waals surface area (Å²) in [5.74, 6) is -0.774. The van der Waals surface area contributed by atoms with Crippen LogP contribution in [-0.4, -0.2) is 172 Å². The number of methoxy groups -OCH3 is 3. The van der Waals surface area contributed by atoms with Crippen LogP contribution >= 0.6 is 0 Å². The Morgan fingerprint density at radius 1 is 0.618 bits per heavy atom. The fourth-order valence-electron chi connectivity index (χ4n) is 14.4. The zero-order valence-corrected chi connectivity index (χ0v) is 42.0. The summed E-state index contributed by atoms with van der Waals surface area (Å²) in [7, 11) is 4.87. The third-order valence-corrected chi connectivity index (χ3v) is 18.2. The Morgan fingerprint density at radius 2 is 1.16 bits per heavy atom. The highest BCUT2D eigenvalue weighted by molar-refractivity contribution is 5.93. The van der Waals surface area contributed by atoms with E-state index in [-0.39, 0.29) is 60.0 Å². The van der Waals surface area contributed by atoms with Crippen molar-refractivity contribution in [3.8, 4) is 0 Å². The van der Waals surface area contributed by atoms with Crippen molar-refractivity contribution in [1.29, 1.82) is 0 Å². The van der Waals surface area contributed by atoms with Gasteiger partial charge in [0, 0.05) is 72.2 Å². The second kappa shape index (κ2) is 20.1. The third kappa shape index (κ3) is 9.39. The molecule has 3 aliphatic carbocycles. The van der Waals surface area contributed by atoms with E-state index in [4.69, 9.17) is 66.3 Å². The van der Waals surface area contributed by atoms with E-state index >= 15 is 0 Å². The molecule has 3 saturated carbocycles. The lowest BCUT2D eigenvalue weighted by molar-refractivity contribution is -0.347. The number of carbonyl (C=O) groups is 2. The average molecular weight is 969 g/mol. The molecule has 6 aliphatic heterocycles. The van der Waals surface area contributed by atoms with Crippen molar-refractivity contribution in [2.75, 3.05) is 21.3 Å². The van der Waals surface area contributed by atoms with Crippen molar-refractivity contribution in [3.63, 3.8) is 0 Å². The Bertz CT molecular complexity index is 1760. The van der Waals surface area contributed by atoms with Crippen molar-refractivity contribution in [3.05, 3.63) is 0 Å². The van der Waals surface area contributed by atoms with Crippen LogP contribution in [0, 0.1) is 28.6 Å². The highest BCUT2D eigenvalue weighted by Gasteiger charge is 2.72. The molecule has 2 bridgehead atoms. The van der Waals surface area contributed by atoms with Gasteiger partial charge in [0.2, 0.25) is 0 Å². The van der Waals surface area contributed by atoms with Gasteiger partial charge in [-0.1, -0.05) is 6.92 Å². The zero-order valence-electron chi connectivity index (χ0n) is 42.0. The summed E-state index contributed by atoms with van der Waals surface area (Å²) in [6.07, 6.45) is -3.03. The van der Waals surface area contributed by atoms with Crippen molar-refractivity contribution in [2.24, 2.45) is 28.6 Å². The van der Waals surface area contributed by atoms with E-state index in [2.05, 4.69) is 13.8 Å². The number of carbonyl (C=O) groups excluding carboxylic acids is 2. The maximum Gasteiger partial charge on any atom is 0.303 e. The predicted molar refractivity (Wildman–Crippen MR) is 237 cm³/mol. The molecule has 0 radical (unpaired) electrons. The second-order valence-corrected chi connectivity index (χ2v) is 22.1. The molecule has 68 heavy (non-hydrogen) atoms. The van der Waals surface area contributed by atoms with E-state index in [1.165, 1.54) is 6.92 Å². The Hall–Kier alpha value is -1.46. The molecular formula is C50H80O18. The van der Waals surface area contributed by atoms with Gasteiger partial charge in [-0.25, -0.2) is 0 Å². The second-order valence-electron chi connectivity index (χ2n) is 22.1. The molecule has 9 rings (SSSR count). The summed E-state index contributed by atoms with van der Waals surface area (Å²) in [6.45, 7) is 15.3. The van der Waals surface area contributed by atoms with Crippen LogP contribution in [0.4, 0.5) is 0 Å². The van der Waals surface area contributed by atoms with Crippen LogP contribution in [0.2, 0.25) is 0 Å². The molecule has 0 unspecified atom stereocenters. The highest BCUT2D eigenvalue weighted by atomic mass is 16.8. The molecule has 0 aromatic carbocycles. The summed E-state index contributed by atoms with van der Waals surface area (Å²) < 4.78 is 88.2. The van der Waals surface area contributed by atoms with E-state index in [9.17, 15) is 19.8 Å². The molecule has 0 amide bonds. The molecule has 388 valence electrons. The van der Waals surface area contributed by atoms with Gasteiger partial charge >= 0.3 is 5.97 Å². The van der Waals surface area contributed by atoms with E-state index < -0.39 is 109 Å². The fourth-order valence-corrected chi connectivity index (χ4v) is 14.4. The normalized spacial score (nSPS) is 53.8. The zero-order chi connectivity index (χ0) is 48.6. The van der Waals surface area contributed by atoms with E-state index in [0.29, 0.717) is 31.6 Å². The summed E-state index contributed by atoms with van der Waals surface area (Å²) >= 11 is 0. The quantitative estimate of drug-likeness (QED) is 0.204. The molecule has 18 heteroatoms. The van der Waals surface area contributed by atoms with Crippen molar-refractivity contribution in [1.82, 2.24) is 0 Å². The van der Waals surface area contributed by atoms with Crippen molar-refractivity contribution in [2.45, 2.75) is 255 Å². The summed E-state index contributed by atoms with van der Waals surface area (Å²) in [5, 5.41) is 21.6. The molecule has 0 aromatic heterocycles. The first kappa shape index (κ1) is 51.4. The number of aliphatic hydroxyl groups is 2. The van der Waals surface area contributed by atoms with Crippen molar-refractivity contribution < 1.29 is 86.1 Å². The smallest absolute Gasteiger partial charge is 0.303 e. The molecule has 18 nitrogen and oxygen atoms in total. The minimum Gasteiger partial charge on any atom is -0.455 e. The third-order valence-electron chi connectivity index (χ3n) is 18.2. The lowest BCUT2D eigenvalue weighted by atomic mass is 9.52. The van der Waals surface area contributed by atoms with E-state index in [0.717, 1.165) is 38.5 Å². The number of fused-ring (bicyclic) bond motifs is 5. The van der Waals surface area contributed by atoms with Crippen LogP contribution in [0.5, 0.6) is 0 Å². The first-order valence-electron chi connectivity index (χ1n) is 25.6. The largest absolute Gasteiger partial charge is 0.455 e. The number of aliphatic hydroxyl groups excluding tert-OH is 2. The maximum absolute atomic E-state index is 14.0. The van der Waals surface area contributed by atoms with Gasteiger partial charge in [-0.3, -0.25) is 9.59 Å². The van der Waals surface area contributed by atoms with E-state index in [1.54, 1.807) is 28.3 Å². The molecular weight excluding hydrogens is 889 g/mol. The average Bonchev–Trinajstić information content (AvgIpc) is 3.78. The van der Waals surface area contributed by atoms with Gasteiger partial charge in [-0.15, -0.1) is 0 Å². The Kier molecular flexibility index (Phi) is 15.2. The van der Waals surface area contributed by atoms with Gasteiger partial charge in [0.15, 0.2) is 42.8 Å². The number of hydrogen-bond acceptors (Lipinski definition) is 18. The van der Waals surface area contributed by atoms with Gasteiger partial charge in [0.05, 0.1) is 72.6 Å². The Labute approximate surface area is 401 Å². The Balaban J connectivity index is 0.761. The summed E-state index contributed by atoms with van der Waals surface area (Å²) in [4.78, 5) is 25.9. The van der Waals surface area contributed by atoms with Crippen LogP contribution in [0.15, 0.2) is 0 Å². The van der Waals surface area contributed by atoms with Gasteiger partial charge in [-0.2, -0.15) is 0 Å². The minimum atomic E-state index is -0.896. The molecule has 0 aromatic rings. The topological polar surface area (TPSA) is 204 Å². The molecule has 26 atom stereocenters. The van der Waals surface area contributed by atoms with Crippen LogP contribution in [-0.2, 0) is 75.9 Å². The first-order chi connectivity index (χ1) is 32.3. The monoisotopic (exact) mass is 969 g/mol. The summed E-state index contributed by atoms with van der Waals surface area (Å²) in [6, 6.07) is 0. The number of hydrogen-bond donors (Lipinski definition) is 2.